The third kappa shape index (κ3) is 2.87. The van der Waals surface area contributed by atoms with Gasteiger partial charge in [-0.1, -0.05) is 35.5 Å². The molecule has 0 saturated heterocycles. The summed E-state index contributed by atoms with van der Waals surface area (Å²) >= 11 is 0. The molecule has 1 heterocycles. The second-order valence-electron chi connectivity index (χ2n) is 4.81. The third-order valence-corrected chi connectivity index (χ3v) is 3.37. The van der Waals surface area contributed by atoms with Gasteiger partial charge in [-0.2, -0.15) is 4.98 Å². The van der Waals surface area contributed by atoms with Crippen LogP contribution in [-0.2, 0) is 13.1 Å². The summed E-state index contributed by atoms with van der Waals surface area (Å²) in [5.41, 5.74) is 1.13. The van der Waals surface area contributed by atoms with Gasteiger partial charge in [-0.25, -0.2) is 0 Å². The van der Waals surface area contributed by atoms with E-state index >= 15 is 0 Å². The number of rotatable bonds is 5. The van der Waals surface area contributed by atoms with E-state index in [1.807, 2.05) is 18.2 Å². The van der Waals surface area contributed by atoms with Crippen molar-refractivity contribution in [2.75, 3.05) is 7.11 Å². The van der Waals surface area contributed by atoms with Crippen molar-refractivity contribution < 1.29 is 9.26 Å². The zero-order valence-corrected chi connectivity index (χ0v) is 12.1. The van der Waals surface area contributed by atoms with Gasteiger partial charge in [0.25, 0.3) is 0 Å². The van der Waals surface area contributed by atoms with Crippen LogP contribution in [0.25, 0.3) is 10.8 Å². The minimum Gasteiger partial charge on any atom is -0.496 e. The monoisotopic (exact) mass is 283 g/mol. The van der Waals surface area contributed by atoms with Crippen molar-refractivity contribution in [3.8, 4) is 5.75 Å². The van der Waals surface area contributed by atoms with Crippen molar-refractivity contribution in [2.24, 2.45) is 0 Å². The minimum absolute atomic E-state index is 0.535. The van der Waals surface area contributed by atoms with Gasteiger partial charge in [0.15, 0.2) is 5.82 Å². The molecule has 0 amide bonds. The molecule has 0 aliphatic rings. The van der Waals surface area contributed by atoms with Crippen LogP contribution < -0.4 is 10.1 Å². The number of benzene rings is 2. The number of aromatic nitrogens is 2. The van der Waals surface area contributed by atoms with Gasteiger partial charge in [-0.15, -0.1) is 0 Å². The molecule has 3 rings (SSSR count). The average molecular weight is 283 g/mol. The molecule has 0 saturated carbocycles. The van der Waals surface area contributed by atoms with E-state index in [0.29, 0.717) is 24.8 Å². The molecule has 0 aliphatic carbocycles. The van der Waals surface area contributed by atoms with Crippen molar-refractivity contribution >= 4 is 10.8 Å². The van der Waals surface area contributed by atoms with Gasteiger partial charge >= 0.3 is 0 Å². The van der Waals surface area contributed by atoms with Crippen LogP contribution in [0.15, 0.2) is 40.9 Å². The highest BCUT2D eigenvalue weighted by Gasteiger charge is 2.09. The summed E-state index contributed by atoms with van der Waals surface area (Å²) in [4.78, 5) is 4.18. The van der Waals surface area contributed by atoms with Crippen LogP contribution in [0.2, 0.25) is 0 Å². The predicted octanol–water partition coefficient (Wildman–Crippen LogP) is 2.83. The van der Waals surface area contributed by atoms with E-state index in [0.717, 1.165) is 11.3 Å². The van der Waals surface area contributed by atoms with Crippen LogP contribution >= 0.6 is 0 Å². The molecule has 5 nitrogen and oxygen atoms in total. The van der Waals surface area contributed by atoms with Crippen molar-refractivity contribution in [1.29, 1.82) is 0 Å². The number of fused-ring (bicyclic) bond motifs is 1. The number of ether oxygens (including phenoxy) is 1. The molecule has 0 aliphatic heterocycles. The number of methoxy groups -OCH3 is 1. The molecule has 108 valence electrons. The fourth-order valence-corrected chi connectivity index (χ4v) is 2.40. The Morgan fingerprint density at radius 2 is 2.00 bits per heavy atom. The van der Waals surface area contributed by atoms with Crippen molar-refractivity contribution in [2.45, 2.75) is 20.0 Å². The Bertz CT molecular complexity index is 752. The summed E-state index contributed by atoms with van der Waals surface area (Å²) in [6, 6.07) is 12.3. The first-order chi connectivity index (χ1) is 10.3. The highest BCUT2D eigenvalue weighted by Crippen LogP contribution is 2.27. The fourth-order valence-electron chi connectivity index (χ4n) is 2.40. The largest absolute Gasteiger partial charge is 0.496 e. The maximum atomic E-state index is 5.47. The zero-order chi connectivity index (χ0) is 14.7. The van der Waals surface area contributed by atoms with E-state index in [-0.39, 0.29) is 0 Å². The Hall–Kier alpha value is -2.40. The molecule has 3 aromatic rings. The standard InChI is InChI=1S/C16H17N3O2/c1-11-18-16(21-19-11)10-17-9-14-13-6-4-3-5-12(13)7-8-15(14)20-2/h3-8,17H,9-10H2,1-2H3. The number of nitrogens with one attached hydrogen (secondary N) is 1. The molecular weight excluding hydrogens is 266 g/mol. The van der Waals surface area contributed by atoms with Crippen molar-refractivity contribution in [3.63, 3.8) is 0 Å². The maximum Gasteiger partial charge on any atom is 0.240 e. The van der Waals surface area contributed by atoms with Crippen molar-refractivity contribution in [3.05, 3.63) is 53.7 Å². The summed E-state index contributed by atoms with van der Waals surface area (Å²) in [6.07, 6.45) is 0. The van der Waals surface area contributed by atoms with Crippen LogP contribution in [0, 0.1) is 6.92 Å². The molecule has 0 fully saturated rings. The number of hydrogen-bond donors (Lipinski definition) is 1. The van der Waals surface area contributed by atoms with E-state index in [4.69, 9.17) is 9.26 Å². The number of nitrogens with zero attached hydrogens (tertiary/aromatic N) is 2. The highest BCUT2D eigenvalue weighted by atomic mass is 16.5. The maximum absolute atomic E-state index is 5.47. The quantitative estimate of drug-likeness (QED) is 0.780. The summed E-state index contributed by atoms with van der Waals surface area (Å²) in [7, 11) is 1.69. The zero-order valence-electron chi connectivity index (χ0n) is 12.1. The molecule has 21 heavy (non-hydrogen) atoms. The van der Waals surface area contributed by atoms with E-state index in [2.05, 4.69) is 33.7 Å². The second-order valence-corrected chi connectivity index (χ2v) is 4.81. The van der Waals surface area contributed by atoms with E-state index < -0.39 is 0 Å². The molecule has 2 aromatic carbocycles. The van der Waals surface area contributed by atoms with Gasteiger partial charge in [0, 0.05) is 12.1 Å². The lowest BCUT2D eigenvalue weighted by molar-refractivity contribution is 0.362. The lowest BCUT2D eigenvalue weighted by Gasteiger charge is -2.12. The normalized spacial score (nSPS) is 11.0. The SMILES string of the molecule is COc1ccc2ccccc2c1CNCc1nc(C)no1. The summed E-state index contributed by atoms with van der Waals surface area (Å²) in [6.45, 7) is 3.01. The molecule has 1 N–H and O–H groups in total. The van der Waals surface area contributed by atoms with Crippen LogP contribution in [0.1, 0.15) is 17.3 Å². The van der Waals surface area contributed by atoms with Gasteiger partial charge < -0.3 is 14.6 Å². The Morgan fingerprint density at radius 3 is 2.76 bits per heavy atom. The van der Waals surface area contributed by atoms with Gasteiger partial charge in [0.1, 0.15) is 5.75 Å². The lowest BCUT2D eigenvalue weighted by atomic mass is 10.0. The molecule has 0 atom stereocenters. The smallest absolute Gasteiger partial charge is 0.240 e. The molecule has 0 bridgehead atoms. The Morgan fingerprint density at radius 1 is 1.14 bits per heavy atom. The molecule has 5 heteroatoms. The Balaban J connectivity index is 1.81. The van der Waals surface area contributed by atoms with Crippen LogP contribution in [0.5, 0.6) is 5.75 Å². The highest BCUT2D eigenvalue weighted by molar-refractivity contribution is 5.87. The summed E-state index contributed by atoms with van der Waals surface area (Å²) in [5.74, 6) is 2.11. The average Bonchev–Trinajstić information content (AvgIpc) is 2.93. The lowest BCUT2D eigenvalue weighted by Crippen LogP contribution is -2.14. The second kappa shape index (κ2) is 5.93. The number of aryl methyl sites for hydroxylation is 1. The first kappa shape index (κ1) is 13.6. The Kier molecular flexibility index (Phi) is 3.83. The molecule has 0 unspecified atom stereocenters. The molecule has 1 aromatic heterocycles. The van der Waals surface area contributed by atoms with E-state index in [1.54, 1.807) is 14.0 Å². The third-order valence-electron chi connectivity index (χ3n) is 3.37. The van der Waals surface area contributed by atoms with Gasteiger partial charge in [-0.3, -0.25) is 0 Å². The molecule has 0 spiro atoms. The summed E-state index contributed by atoms with van der Waals surface area (Å²) in [5, 5.41) is 9.48. The van der Waals surface area contributed by atoms with Gasteiger partial charge in [0.2, 0.25) is 5.89 Å². The summed E-state index contributed by atoms with van der Waals surface area (Å²) < 4.78 is 10.6. The topological polar surface area (TPSA) is 60.2 Å². The van der Waals surface area contributed by atoms with Crippen molar-refractivity contribution in [1.82, 2.24) is 15.5 Å². The van der Waals surface area contributed by atoms with Gasteiger partial charge in [0.05, 0.1) is 13.7 Å². The van der Waals surface area contributed by atoms with E-state index in [9.17, 15) is 0 Å². The van der Waals surface area contributed by atoms with Crippen LogP contribution in [0.4, 0.5) is 0 Å². The van der Waals surface area contributed by atoms with Gasteiger partial charge in [-0.05, 0) is 23.8 Å². The van der Waals surface area contributed by atoms with E-state index in [1.165, 1.54) is 10.8 Å². The number of hydrogen-bond acceptors (Lipinski definition) is 5. The Labute approximate surface area is 122 Å². The molecular formula is C16H17N3O2. The van der Waals surface area contributed by atoms with Crippen LogP contribution in [-0.4, -0.2) is 17.3 Å². The van der Waals surface area contributed by atoms with Crippen LogP contribution in [0.3, 0.4) is 0 Å². The minimum atomic E-state index is 0.535. The first-order valence-electron chi connectivity index (χ1n) is 6.82. The molecule has 0 radical (unpaired) electrons. The predicted molar refractivity (Wildman–Crippen MR) is 80.1 cm³/mol. The first-order valence-corrected chi connectivity index (χ1v) is 6.82. The fraction of sp³-hybridized carbons (Fsp3) is 0.250.